The van der Waals surface area contributed by atoms with Crippen LogP contribution in [0.25, 0.3) is 27.1 Å². The van der Waals surface area contributed by atoms with Gasteiger partial charge < -0.3 is 11.5 Å². The minimum atomic E-state index is -0.306. The van der Waals surface area contributed by atoms with Gasteiger partial charge in [0.2, 0.25) is 0 Å². The summed E-state index contributed by atoms with van der Waals surface area (Å²) in [5.41, 5.74) is 14.9. The normalized spacial score (nSPS) is 12.3. The largest absolute Gasteiger partial charge is 0.404 e. The number of hydrogen-bond acceptors (Lipinski definition) is 6. The molecule has 158 valence electrons. The van der Waals surface area contributed by atoms with Crippen molar-refractivity contribution in [3.8, 4) is 6.07 Å². The highest BCUT2D eigenvalue weighted by atomic mass is 35.5. The molecule has 0 saturated carbocycles. The van der Waals surface area contributed by atoms with E-state index in [9.17, 15) is 10.1 Å². The van der Waals surface area contributed by atoms with Crippen molar-refractivity contribution in [1.82, 2.24) is 10.2 Å². The second kappa shape index (κ2) is 8.63. The van der Waals surface area contributed by atoms with Crippen molar-refractivity contribution in [3.63, 3.8) is 0 Å². The smallest absolute Gasteiger partial charge is 0.272 e. The van der Waals surface area contributed by atoms with Gasteiger partial charge in [0, 0.05) is 52.1 Å². The standard InChI is InChI=1S/C24H19ClN6O/c1-29-23(18-9-21(25)15-5-3-2-4-14(15)20(18)11-27)19(10-26)13-6-7-16-17(8-13)22(12-28)30-31-24(16)32/h2-10H,12,26,28H2,1H3,(H,31,32)/b19-10-,29-23?. The van der Waals surface area contributed by atoms with E-state index >= 15 is 0 Å². The second-order valence-corrected chi connectivity index (χ2v) is 7.46. The van der Waals surface area contributed by atoms with E-state index in [1.54, 1.807) is 31.3 Å². The van der Waals surface area contributed by atoms with Crippen LogP contribution in [-0.2, 0) is 6.54 Å². The molecule has 0 radical (unpaired) electrons. The van der Waals surface area contributed by atoms with Crippen molar-refractivity contribution < 1.29 is 0 Å². The predicted octanol–water partition coefficient (Wildman–Crippen LogP) is 3.48. The van der Waals surface area contributed by atoms with Crippen molar-refractivity contribution in [3.05, 3.63) is 92.5 Å². The summed E-state index contributed by atoms with van der Waals surface area (Å²) in [5.74, 6) is 0. The zero-order valence-electron chi connectivity index (χ0n) is 17.2. The van der Waals surface area contributed by atoms with E-state index in [0.29, 0.717) is 49.5 Å². The first kappa shape index (κ1) is 21.2. The number of hydrogen-bond donors (Lipinski definition) is 3. The Kier molecular flexibility index (Phi) is 5.73. The minimum absolute atomic E-state index is 0.159. The van der Waals surface area contributed by atoms with E-state index in [4.69, 9.17) is 23.1 Å². The van der Waals surface area contributed by atoms with Crippen LogP contribution < -0.4 is 17.0 Å². The van der Waals surface area contributed by atoms with Crippen LogP contribution >= 0.6 is 11.6 Å². The molecule has 0 atom stereocenters. The first-order chi connectivity index (χ1) is 15.5. The van der Waals surface area contributed by atoms with Gasteiger partial charge in [0.25, 0.3) is 5.56 Å². The zero-order valence-corrected chi connectivity index (χ0v) is 17.9. The van der Waals surface area contributed by atoms with Gasteiger partial charge >= 0.3 is 0 Å². The number of nitrogens with one attached hydrogen (secondary N) is 1. The highest BCUT2D eigenvalue weighted by molar-refractivity contribution is 6.39. The number of fused-ring (bicyclic) bond motifs is 2. The van der Waals surface area contributed by atoms with Crippen LogP contribution in [0, 0.1) is 11.3 Å². The number of rotatable bonds is 4. The lowest BCUT2D eigenvalue weighted by molar-refractivity contribution is 0.900. The first-order valence-corrected chi connectivity index (χ1v) is 10.1. The summed E-state index contributed by atoms with van der Waals surface area (Å²) in [6, 6.07) is 16.7. The fourth-order valence-electron chi connectivity index (χ4n) is 3.88. The number of nitrogens with two attached hydrogens (primary N) is 2. The van der Waals surface area contributed by atoms with Gasteiger partial charge in [-0.2, -0.15) is 10.4 Å². The number of allylic oxidation sites excluding steroid dienone is 1. The predicted molar refractivity (Wildman–Crippen MR) is 129 cm³/mol. The minimum Gasteiger partial charge on any atom is -0.404 e. The van der Waals surface area contributed by atoms with Crippen LogP contribution in [0.1, 0.15) is 22.4 Å². The first-order valence-electron chi connectivity index (χ1n) is 9.76. The number of aromatic amines is 1. The fraction of sp³-hybridized carbons (Fsp3) is 0.0833. The molecule has 0 bridgehead atoms. The third-order valence-electron chi connectivity index (χ3n) is 5.38. The zero-order chi connectivity index (χ0) is 22.8. The molecule has 0 aliphatic rings. The molecule has 4 aromatic rings. The van der Waals surface area contributed by atoms with Gasteiger partial charge in [-0.05, 0) is 23.8 Å². The van der Waals surface area contributed by atoms with Crippen molar-refractivity contribution in [2.24, 2.45) is 16.5 Å². The summed E-state index contributed by atoms with van der Waals surface area (Å²) >= 11 is 6.55. The van der Waals surface area contributed by atoms with E-state index in [1.165, 1.54) is 6.20 Å². The lowest BCUT2D eigenvalue weighted by Gasteiger charge is -2.15. The quantitative estimate of drug-likeness (QED) is 0.416. The highest BCUT2D eigenvalue weighted by Gasteiger charge is 2.20. The topological polar surface area (TPSA) is 134 Å². The number of nitriles is 1. The Balaban J connectivity index is 1.96. The molecule has 1 aromatic heterocycles. The van der Waals surface area contributed by atoms with Crippen LogP contribution in [-0.4, -0.2) is 23.0 Å². The molecule has 0 aliphatic heterocycles. The highest BCUT2D eigenvalue weighted by Crippen LogP contribution is 2.33. The molecular weight excluding hydrogens is 424 g/mol. The maximum absolute atomic E-state index is 12.2. The molecule has 3 aromatic carbocycles. The van der Waals surface area contributed by atoms with E-state index in [-0.39, 0.29) is 12.1 Å². The van der Waals surface area contributed by atoms with E-state index in [2.05, 4.69) is 21.3 Å². The molecule has 0 unspecified atom stereocenters. The monoisotopic (exact) mass is 442 g/mol. The Hall–Kier alpha value is -3.99. The van der Waals surface area contributed by atoms with Crippen molar-refractivity contribution in [2.75, 3.05) is 7.05 Å². The SMILES string of the molecule is CN=C(/C(=C\N)c1ccc2c(=O)[nH]nc(CN)c2c1)c1cc(Cl)c2ccccc2c1C#N. The van der Waals surface area contributed by atoms with Crippen molar-refractivity contribution >= 4 is 44.4 Å². The van der Waals surface area contributed by atoms with Gasteiger partial charge in [0.1, 0.15) is 6.07 Å². The molecule has 5 N–H and O–H groups in total. The average molecular weight is 443 g/mol. The number of nitrogens with zero attached hydrogens (tertiary/aromatic N) is 3. The van der Waals surface area contributed by atoms with Crippen LogP contribution in [0.5, 0.6) is 0 Å². The second-order valence-electron chi connectivity index (χ2n) is 7.05. The summed E-state index contributed by atoms with van der Waals surface area (Å²) in [5, 5.41) is 19.6. The summed E-state index contributed by atoms with van der Waals surface area (Å²) in [6.07, 6.45) is 1.43. The molecule has 0 fully saturated rings. The van der Waals surface area contributed by atoms with E-state index in [1.807, 2.05) is 24.3 Å². The lowest BCUT2D eigenvalue weighted by Crippen LogP contribution is -2.14. The maximum Gasteiger partial charge on any atom is 0.272 e. The Morgan fingerprint density at radius 3 is 2.59 bits per heavy atom. The van der Waals surface area contributed by atoms with Crippen LogP contribution in [0.2, 0.25) is 5.02 Å². The van der Waals surface area contributed by atoms with Gasteiger partial charge in [-0.3, -0.25) is 9.79 Å². The molecule has 7 nitrogen and oxygen atoms in total. The van der Waals surface area contributed by atoms with E-state index in [0.717, 1.165) is 10.8 Å². The Labute approximate surface area is 188 Å². The number of aliphatic imine (C=N–C) groups is 1. The summed E-state index contributed by atoms with van der Waals surface area (Å²) in [6.45, 7) is 0.159. The van der Waals surface area contributed by atoms with Crippen molar-refractivity contribution in [2.45, 2.75) is 6.54 Å². The fourth-order valence-corrected chi connectivity index (χ4v) is 4.15. The van der Waals surface area contributed by atoms with Crippen molar-refractivity contribution in [1.29, 1.82) is 5.26 Å². The lowest BCUT2D eigenvalue weighted by atomic mass is 9.90. The van der Waals surface area contributed by atoms with Crippen LogP contribution in [0.3, 0.4) is 0 Å². The van der Waals surface area contributed by atoms with Crippen LogP contribution in [0.4, 0.5) is 0 Å². The molecule has 8 heteroatoms. The molecule has 32 heavy (non-hydrogen) atoms. The summed E-state index contributed by atoms with van der Waals surface area (Å²) in [4.78, 5) is 16.6. The Bertz CT molecular complexity index is 1530. The maximum atomic E-state index is 12.2. The molecule has 0 amide bonds. The average Bonchev–Trinajstić information content (AvgIpc) is 2.82. The molecular formula is C24H19ClN6O. The number of H-pyrrole nitrogens is 1. The van der Waals surface area contributed by atoms with E-state index < -0.39 is 0 Å². The van der Waals surface area contributed by atoms with Crippen LogP contribution in [0.15, 0.2) is 64.5 Å². The Morgan fingerprint density at radius 2 is 1.94 bits per heavy atom. The number of benzene rings is 3. The van der Waals surface area contributed by atoms with Gasteiger partial charge in [0.05, 0.1) is 22.4 Å². The molecule has 0 spiro atoms. The Morgan fingerprint density at radius 1 is 1.19 bits per heavy atom. The molecule has 0 saturated heterocycles. The third-order valence-corrected chi connectivity index (χ3v) is 5.69. The van der Waals surface area contributed by atoms with Gasteiger partial charge in [0.15, 0.2) is 0 Å². The molecule has 0 aliphatic carbocycles. The number of halogens is 1. The molecule has 1 heterocycles. The third kappa shape index (κ3) is 3.42. The van der Waals surface area contributed by atoms with Gasteiger partial charge in [-0.25, -0.2) is 5.10 Å². The summed E-state index contributed by atoms with van der Waals surface area (Å²) < 4.78 is 0. The van der Waals surface area contributed by atoms with Gasteiger partial charge in [-0.1, -0.05) is 41.9 Å². The van der Waals surface area contributed by atoms with Gasteiger partial charge in [-0.15, -0.1) is 0 Å². The summed E-state index contributed by atoms with van der Waals surface area (Å²) in [7, 11) is 1.63. The number of aromatic nitrogens is 2. The molecule has 4 rings (SSSR count).